The highest BCUT2D eigenvalue weighted by Gasteiger charge is 2.49. The van der Waals surface area contributed by atoms with Crippen molar-refractivity contribution in [2.75, 3.05) is 0 Å². The second-order valence-corrected chi connectivity index (χ2v) is 16.4. The number of carbonyl (C=O) groups is 1. The summed E-state index contributed by atoms with van der Waals surface area (Å²) in [6.07, 6.45) is 31.4. The number of carbonyl (C=O) groups excluding carboxylic acids is 1. The third-order valence-corrected chi connectivity index (χ3v) is 13.9. The normalized spacial score (nSPS) is 31.0. The number of hydrogen-bond acceptors (Lipinski definition) is 1. The molecule has 4 bridgehead atoms. The summed E-state index contributed by atoms with van der Waals surface area (Å²) in [6, 6.07) is 19.0. The van der Waals surface area contributed by atoms with Crippen molar-refractivity contribution in [3.8, 4) is 0 Å². The Morgan fingerprint density at radius 2 is 0.841 bits per heavy atom. The lowest BCUT2D eigenvalue weighted by atomic mass is 9.51. The number of aryl methyl sites for hydroxylation is 2. The van der Waals surface area contributed by atoms with Gasteiger partial charge in [-0.25, -0.2) is 0 Å². The van der Waals surface area contributed by atoms with E-state index in [0.717, 1.165) is 12.8 Å². The first-order valence-corrected chi connectivity index (χ1v) is 19.1. The second kappa shape index (κ2) is 13.8. The maximum atomic E-state index is 12.9. The predicted octanol–water partition coefficient (Wildman–Crippen LogP) is 12.2. The van der Waals surface area contributed by atoms with Crippen molar-refractivity contribution in [1.82, 2.24) is 0 Å². The molecule has 240 valence electrons. The lowest BCUT2D eigenvalue weighted by Crippen LogP contribution is -2.44. The molecule has 1 nitrogen and oxygen atoms in total. The maximum Gasteiger partial charge on any atom is 0.133 e. The Morgan fingerprint density at radius 1 is 0.500 bits per heavy atom. The molecular weight excluding hydrogens is 532 g/mol. The van der Waals surface area contributed by atoms with Gasteiger partial charge in [0.25, 0.3) is 0 Å². The second-order valence-electron chi connectivity index (χ2n) is 16.4. The van der Waals surface area contributed by atoms with Gasteiger partial charge in [0.2, 0.25) is 0 Å². The molecule has 6 saturated carbocycles. The van der Waals surface area contributed by atoms with E-state index < -0.39 is 0 Å². The molecule has 44 heavy (non-hydrogen) atoms. The van der Waals surface area contributed by atoms with E-state index >= 15 is 0 Å². The molecule has 6 aliphatic carbocycles. The van der Waals surface area contributed by atoms with Gasteiger partial charge in [-0.15, -0.1) is 0 Å². The summed E-state index contributed by atoms with van der Waals surface area (Å²) in [5.41, 5.74) is 8.02. The third-order valence-electron chi connectivity index (χ3n) is 13.9. The standard InChI is InChI=1S/C43H62O/c1-3-5-7-21-40-23-29-42(30-24-40,31-25-40)37-15-9-35(10-16-37)13-19-39(44)20-14-36-11-17-38(18-12-36)43-32-26-41(27-33-43,28-34-43)22-8-6-4-2/h9-12,15-18H,3-8,13-14,19-34H2,1-2H3. The third kappa shape index (κ3) is 6.93. The average molecular weight is 595 g/mol. The summed E-state index contributed by atoms with van der Waals surface area (Å²) in [7, 11) is 0. The average Bonchev–Trinajstić information content (AvgIpc) is 3.09. The summed E-state index contributed by atoms with van der Waals surface area (Å²) >= 11 is 0. The largest absolute Gasteiger partial charge is 0.300 e. The molecule has 1 heteroatoms. The van der Waals surface area contributed by atoms with Crippen LogP contribution in [0.4, 0.5) is 0 Å². The van der Waals surface area contributed by atoms with Gasteiger partial charge in [-0.3, -0.25) is 4.79 Å². The Bertz CT molecular complexity index is 1070. The van der Waals surface area contributed by atoms with Crippen molar-refractivity contribution in [2.24, 2.45) is 10.8 Å². The van der Waals surface area contributed by atoms with Crippen LogP contribution >= 0.6 is 0 Å². The number of Topliss-reactive ketones (excluding diaryl/α,β-unsaturated/α-hetero) is 1. The Balaban J connectivity index is 0.931. The number of unbranched alkanes of at least 4 members (excludes halogenated alkanes) is 4. The van der Waals surface area contributed by atoms with Gasteiger partial charge >= 0.3 is 0 Å². The van der Waals surface area contributed by atoms with Crippen LogP contribution in [0.25, 0.3) is 0 Å². The molecule has 6 aliphatic rings. The summed E-state index contributed by atoms with van der Waals surface area (Å²) < 4.78 is 0. The summed E-state index contributed by atoms with van der Waals surface area (Å²) in [5, 5.41) is 0. The van der Waals surface area contributed by atoms with Crippen LogP contribution in [0.3, 0.4) is 0 Å². The van der Waals surface area contributed by atoms with Crippen LogP contribution in [0.5, 0.6) is 0 Å². The molecule has 0 heterocycles. The predicted molar refractivity (Wildman–Crippen MR) is 186 cm³/mol. The molecule has 2 aromatic carbocycles. The van der Waals surface area contributed by atoms with E-state index in [9.17, 15) is 4.79 Å². The Kier molecular flexibility index (Phi) is 10.1. The minimum absolute atomic E-state index is 0.410. The Hall–Kier alpha value is -1.89. The van der Waals surface area contributed by atoms with Crippen LogP contribution in [0.15, 0.2) is 48.5 Å². The van der Waals surface area contributed by atoms with Crippen LogP contribution in [0, 0.1) is 10.8 Å². The maximum absolute atomic E-state index is 12.9. The smallest absolute Gasteiger partial charge is 0.133 e. The molecule has 0 saturated heterocycles. The van der Waals surface area contributed by atoms with Crippen LogP contribution in [-0.2, 0) is 28.5 Å². The van der Waals surface area contributed by atoms with Crippen LogP contribution in [0.2, 0.25) is 0 Å². The van der Waals surface area contributed by atoms with Gasteiger partial charge in [0, 0.05) is 12.8 Å². The van der Waals surface area contributed by atoms with E-state index in [-0.39, 0.29) is 0 Å². The Morgan fingerprint density at radius 3 is 1.16 bits per heavy atom. The molecule has 0 aromatic heterocycles. The first-order chi connectivity index (χ1) is 21.4. The zero-order chi connectivity index (χ0) is 30.5. The molecule has 0 amide bonds. The SMILES string of the molecule is CCCCCC12CCC(c3ccc(CCC(=O)CCc4ccc(C56CCC(CCCCC)(CC5)CC6)cc4)cc3)(CC1)CC2. The zero-order valence-corrected chi connectivity index (χ0v) is 28.5. The lowest BCUT2D eigenvalue weighted by Gasteiger charge is -2.54. The highest BCUT2D eigenvalue weighted by molar-refractivity contribution is 5.78. The summed E-state index contributed by atoms with van der Waals surface area (Å²) in [6.45, 7) is 4.65. The van der Waals surface area contributed by atoms with E-state index in [1.165, 1.54) is 140 Å². The highest BCUT2D eigenvalue weighted by atomic mass is 16.1. The molecule has 0 N–H and O–H groups in total. The summed E-state index contributed by atoms with van der Waals surface area (Å²) in [4.78, 5) is 12.9. The van der Waals surface area contributed by atoms with Gasteiger partial charge in [-0.2, -0.15) is 0 Å². The fourth-order valence-corrected chi connectivity index (χ4v) is 10.4. The monoisotopic (exact) mass is 594 g/mol. The van der Waals surface area contributed by atoms with Crippen molar-refractivity contribution in [3.63, 3.8) is 0 Å². The van der Waals surface area contributed by atoms with E-state index in [0.29, 0.717) is 40.3 Å². The van der Waals surface area contributed by atoms with Crippen molar-refractivity contribution in [2.45, 2.75) is 179 Å². The Labute approximate surface area is 270 Å². The van der Waals surface area contributed by atoms with Crippen LogP contribution in [0.1, 0.15) is 177 Å². The number of hydrogen-bond donors (Lipinski definition) is 0. The van der Waals surface area contributed by atoms with E-state index in [1.807, 2.05) is 0 Å². The molecule has 0 radical (unpaired) electrons. The molecule has 6 fully saturated rings. The van der Waals surface area contributed by atoms with Gasteiger partial charge in [0.05, 0.1) is 0 Å². The van der Waals surface area contributed by atoms with Gasteiger partial charge in [0.15, 0.2) is 0 Å². The molecule has 0 unspecified atom stereocenters. The van der Waals surface area contributed by atoms with Crippen LogP contribution in [-0.4, -0.2) is 5.78 Å². The van der Waals surface area contributed by atoms with Gasteiger partial charge < -0.3 is 0 Å². The number of fused-ring (bicyclic) bond motifs is 6. The lowest BCUT2D eigenvalue weighted by molar-refractivity contribution is -0.119. The quantitative estimate of drug-likeness (QED) is 0.177. The minimum atomic E-state index is 0.410. The van der Waals surface area contributed by atoms with Gasteiger partial charge in [-0.1, -0.05) is 101 Å². The van der Waals surface area contributed by atoms with Crippen molar-refractivity contribution in [3.05, 3.63) is 70.8 Å². The molecule has 0 aliphatic heterocycles. The number of ketones is 1. The van der Waals surface area contributed by atoms with Gasteiger partial charge in [-0.05, 0) is 147 Å². The van der Waals surface area contributed by atoms with Crippen LogP contribution < -0.4 is 0 Å². The molecule has 0 atom stereocenters. The van der Waals surface area contributed by atoms with Crippen molar-refractivity contribution < 1.29 is 4.79 Å². The number of benzene rings is 2. The van der Waals surface area contributed by atoms with Crippen molar-refractivity contribution >= 4 is 5.78 Å². The molecule has 2 aromatic rings. The fraction of sp³-hybridized carbons (Fsp3) is 0.698. The molecule has 0 spiro atoms. The zero-order valence-electron chi connectivity index (χ0n) is 28.5. The van der Waals surface area contributed by atoms with Crippen molar-refractivity contribution in [1.29, 1.82) is 0 Å². The molecule has 8 rings (SSSR count). The van der Waals surface area contributed by atoms with E-state index in [4.69, 9.17) is 0 Å². The topological polar surface area (TPSA) is 17.1 Å². The first-order valence-electron chi connectivity index (χ1n) is 19.1. The first kappa shape index (κ1) is 32.1. The van der Waals surface area contributed by atoms with E-state index in [1.54, 1.807) is 11.1 Å². The van der Waals surface area contributed by atoms with E-state index in [2.05, 4.69) is 62.4 Å². The highest BCUT2D eigenvalue weighted by Crippen LogP contribution is 2.60. The summed E-state index contributed by atoms with van der Waals surface area (Å²) in [5.74, 6) is 0.410. The fourth-order valence-electron chi connectivity index (χ4n) is 10.4. The minimum Gasteiger partial charge on any atom is -0.300 e. The molecular formula is C43H62O. The van der Waals surface area contributed by atoms with Gasteiger partial charge in [0.1, 0.15) is 5.78 Å². The number of rotatable bonds is 16.